The van der Waals surface area contributed by atoms with Crippen LogP contribution >= 0.6 is 0 Å². The van der Waals surface area contributed by atoms with Crippen molar-refractivity contribution in [2.24, 2.45) is 4.99 Å². The van der Waals surface area contributed by atoms with Gasteiger partial charge < -0.3 is 15.2 Å². The zero-order valence-electron chi connectivity index (χ0n) is 18.6. The first-order valence-corrected chi connectivity index (χ1v) is 11.4. The maximum atomic E-state index is 5.31. The highest BCUT2D eigenvalue weighted by molar-refractivity contribution is 5.79. The van der Waals surface area contributed by atoms with Crippen molar-refractivity contribution >= 4 is 5.96 Å². The summed E-state index contributed by atoms with van der Waals surface area (Å²) in [5, 5.41) is 10.7. The fraction of sp³-hybridized carbons (Fsp3) is 0.417. The SMILES string of the molecule is CCNC(=NCc1ccc(CN2CCCC2)cc1)NCCc1noc(-c2ccccn2)n1. The minimum atomic E-state index is 0.439. The van der Waals surface area contributed by atoms with Crippen LogP contribution in [0, 0.1) is 0 Å². The normalized spacial score (nSPS) is 14.6. The fourth-order valence-electron chi connectivity index (χ4n) is 3.70. The lowest BCUT2D eigenvalue weighted by Gasteiger charge is -2.14. The van der Waals surface area contributed by atoms with Crippen LogP contribution in [-0.4, -0.2) is 52.2 Å². The Morgan fingerprint density at radius 3 is 2.62 bits per heavy atom. The number of hydrogen-bond donors (Lipinski definition) is 2. The molecule has 0 spiro atoms. The molecule has 2 aromatic heterocycles. The summed E-state index contributed by atoms with van der Waals surface area (Å²) in [6, 6.07) is 14.4. The summed E-state index contributed by atoms with van der Waals surface area (Å²) in [6.45, 7) is 7.63. The van der Waals surface area contributed by atoms with Crippen molar-refractivity contribution in [1.82, 2.24) is 30.7 Å². The van der Waals surface area contributed by atoms with Crippen molar-refractivity contribution in [2.75, 3.05) is 26.2 Å². The van der Waals surface area contributed by atoms with Gasteiger partial charge in [0.25, 0.3) is 5.89 Å². The number of aromatic nitrogens is 3. The van der Waals surface area contributed by atoms with Crippen LogP contribution in [0.25, 0.3) is 11.6 Å². The van der Waals surface area contributed by atoms with E-state index in [2.05, 4.69) is 61.8 Å². The van der Waals surface area contributed by atoms with E-state index in [1.807, 2.05) is 18.2 Å². The summed E-state index contributed by atoms with van der Waals surface area (Å²) >= 11 is 0. The maximum absolute atomic E-state index is 5.31. The summed E-state index contributed by atoms with van der Waals surface area (Å²) < 4.78 is 5.31. The number of benzene rings is 1. The lowest BCUT2D eigenvalue weighted by molar-refractivity contribution is 0.331. The van der Waals surface area contributed by atoms with Gasteiger partial charge in [-0.25, -0.2) is 4.99 Å². The molecule has 1 fully saturated rings. The van der Waals surface area contributed by atoms with E-state index in [4.69, 9.17) is 9.52 Å². The second-order valence-corrected chi connectivity index (χ2v) is 7.90. The van der Waals surface area contributed by atoms with Gasteiger partial charge in [0.05, 0.1) is 6.54 Å². The summed E-state index contributed by atoms with van der Waals surface area (Å²) in [6.07, 6.45) is 4.99. The number of nitrogens with zero attached hydrogens (tertiary/aromatic N) is 5. The summed E-state index contributed by atoms with van der Waals surface area (Å²) in [5.41, 5.74) is 3.25. The van der Waals surface area contributed by atoms with E-state index in [1.165, 1.54) is 37.1 Å². The number of aliphatic imine (C=N–C) groups is 1. The quantitative estimate of drug-likeness (QED) is 0.396. The molecule has 8 nitrogen and oxygen atoms in total. The molecule has 32 heavy (non-hydrogen) atoms. The van der Waals surface area contributed by atoms with Gasteiger partial charge >= 0.3 is 0 Å². The van der Waals surface area contributed by atoms with Gasteiger partial charge in [0, 0.05) is 32.3 Å². The number of hydrogen-bond acceptors (Lipinski definition) is 6. The van der Waals surface area contributed by atoms with Crippen molar-refractivity contribution < 1.29 is 4.52 Å². The predicted molar refractivity (Wildman–Crippen MR) is 125 cm³/mol. The van der Waals surface area contributed by atoms with Gasteiger partial charge in [-0.15, -0.1) is 0 Å². The van der Waals surface area contributed by atoms with Crippen LogP contribution in [0.4, 0.5) is 0 Å². The molecule has 0 saturated carbocycles. The lowest BCUT2D eigenvalue weighted by atomic mass is 10.1. The van der Waals surface area contributed by atoms with Crippen LogP contribution < -0.4 is 10.6 Å². The summed E-state index contributed by atoms with van der Waals surface area (Å²) in [4.78, 5) is 15.9. The van der Waals surface area contributed by atoms with Crippen molar-refractivity contribution in [3.05, 3.63) is 65.6 Å². The molecule has 0 amide bonds. The van der Waals surface area contributed by atoms with E-state index >= 15 is 0 Å². The van der Waals surface area contributed by atoms with E-state index in [1.54, 1.807) is 6.20 Å². The molecule has 8 heteroatoms. The minimum Gasteiger partial charge on any atom is -0.357 e. The Kier molecular flexibility index (Phi) is 7.81. The van der Waals surface area contributed by atoms with Crippen LogP contribution in [-0.2, 0) is 19.5 Å². The van der Waals surface area contributed by atoms with Gasteiger partial charge in [0.2, 0.25) is 0 Å². The maximum Gasteiger partial charge on any atom is 0.276 e. The molecule has 1 aliphatic heterocycles. The molecule has 4 rings (SSSR count). The predicted octanol–water partition coefficient (Wildman–Crippen LogP) is 3.03. The molecule has 1 saturated heterocycles. The average molecular weight is 434 g/mol. The molecule has 168 valence electrons. The average Bonchev–Trinajstić information content (AvgIpc) is 3.51. The molecule has 2 N–H and O–H groups in total. The van der Waals surface area contributed by atoms with Gasteiger partial charge in [-0.2, -0.15) is 4.98 Å². The molecule has 3 heterocycles. The molecule has 0 unspecified atom stereocenters. The van der Waals surface area contributed by atoms with Gasteiger partial charge in [0.15, 0.2) is 11.8 Å². The third kappa shape index (κ3) is 6.37. The van der Waals surface area contributed by atoms with E-state index in [9.17, 15) is 0 Å². The molecular weight excluding hydrogens is 402 g/mol. The Morgan fingerprint density at radius 2 is 1.88 bits per heavy atom. The van der Waals surface area contributed by atoms with E-state index in [0.29, 0.717) is 36.9 Å². The zero-order chi connectivity index (χ0) is 22.0. The van der Waals surface area contributed by atoms with Crippen LogP contribution in [0.5, 0.6) is 0 Å². The molecule has 0 atom stereocenters. The molecule has 0 radical (unpaired) electrons. The monoisotopic (exact) mass is 433 g/mol. The fourth-order valence-corrected chi connectivity index (χ4v) is 3.70. The highest BCUT2D eigenvalue weighted by atomic mass is 16.5. The van der Waals surface area contributed by atoms with Crippen LogP contribution in [0.2, 0.25) is 0 Å². The summed E-state index contributed by atoms with van der Waals surface area (Å²) in [7, 11) is 0. The topological polar surface area (TPSA) is 91.5 Å². The van der Waals surface area contributed by atoms with E-state index in [-0.39, 0.29) is 0 Å². The Morgan fingerprint density at radius 1 is 1.06 bits per heavy atom. The molecule has 0 bridgehead atoms. The third-order valence-electron chi connectivity index (χ3n) is 5.38. The van der Waals surface area contributed by atoms with Crippen LogP contribution in [0.1, 0.15) is 36.7 Å². The Hall–Kier alpha value is -3.26. The highest BCUT2D eigenvalue weighted by Gasteiger charge is 2.12. The van der Waals surface area contributed by atoms with Crippen LogP contribution in [0.3, 0.4) is 0 Å². The first-order valence-electron chi connectivity index (χ1n) is 11.4. The molecule has 0 aliphatic carbocycles. The Bertz CT molecular complexity index is 979. The largest absolute Gasteiger partial charge is 0.357 e. The van der Waals surface area contributed by atoms with Crippen molar-refractivity contribution in [3.63, 3.8) is 0 Å². The minimum absolute atomic E-state index is 0.439. The standard InChI is InChI=1S/C24H31N7O/c1-2-25-24(27-14-12-22-29-23(32-30-22)21-7-3-4-13-26-21)28-17-19-8-10-20(11-9-19)18-31-15-5-6-16-31/h3-4,7-11,13H,2,5-6,12,14-18H2,1H3,(H2,25,27,28). The molecular formula is C24H31N7O. The van der Waals surface area contributed by atoms with Gasteiger partial charge in [-0.05, 0) is 56.1 Å². The second kappa shape index (κ2) is 11.4. The van der Waals surface area contributed by atoms with Gasteiger partial charge in [-0.1, -0.05) is 35.5 Å². The number of nitrogens with one attached hydrogen (secondary N) is 2. The number of likely N-dealkylation sites (tertiary alicyclic amines) is 1. The number of guanidine groups is 1. The molecule has 1 aliphatic rings. The third-order valence-corrected chi connectivity index (χ3v) is 5.38. The first-order chi connectivity index (χ1) is 15.8. The highest BCUT2D eigenvalue weighted by Crippen LogP contribution is 2.14. The lowest BCUT2D eigenvalue weighted by Crippen LogP contribution is -2.38. The van der Waals surface area contributed by atoms with Gasteiger partial charge in [-0.3, -0.25) is 9.88 Å². The van der Waals surface area contributed by atoms with Gasteiger partial charge in [0.1, 0.15) is 5.69 Å². The Labute approximate surface area is 189 Å². The summed E-state index contributed by atoms with van der Waals surface area (Å²) in [5.74, 6) is 1.86. The van der Waals surface area contributed by atoms with E-state index < -0.39 is 0 Å². The molecule has 1 aromatic carbocycles. The number of pyridine rings is 1. The first kappa shape index (κ1) is 22.0. The van der Waals surface area contributed by atoms with Crippen molar-refractivity contribution in [3.8, 4) is 11.6 Å². The number of rotatable bonds is 9. The second-order valence-electron chi connectivity index (χ2n) is 7.90. The Balaban J connectivity index is 1.26. The van der Waals surface area contributed by atoms with Crippen molar-refractivity contribution in [2.45, 2.75) is 39.3 Å². The van der Waals surface area contributed by atoms with E-state index in [0.717, 1.165) is 19.0 Å². The zero-order valence-corrected chi connectivity index (χ0v) is 18.6. The smallest absolute Gasteiger partial charge is 0.276 e. The van der Waals surface area contributed by atoms with Crippen LogP contribution in [0.15, 0.2) is 58.2 Å². The molecule has 3 aromatic rings. The van der Waals surface area contributed by atoms with Crippen molar-refractivity contribution in [1.29, 1.82) is 0 Å².